The van der Waals surface area contributed by atoms with Gasteiger partial charge in [-0.3, -0.25) is 4.90 Å². The van der Waals surface area contributed by atoms with E-state index in [2.05, 4.69) is 15.1 Å². The Hall–Kier alpha value is -1.40. The summed E-state index contributed by atoms with van der Waals surface area (Å²) in [6.45, 7) is 1.49. The Morgan fingerprint density at radius 3 is 2.93 bits per heavy atom. The highest BCUT2D eigenvalue weighted by molar-refractivity contribution is 7.15. The van der Waals surface area contributed by atoms with Crippen molar-refractivity contribution in [2.75, 3.05) is 12.8 Å². The lowest BCUT2D eigenvalue weighted by Crippen LogP contribution is -2.16. The normalized spacial score (nSPS) is 11.1. The first-order chi connectivity index (χ1) is 7.24. The predicted octanol–water partition coefficient (Wildman–Crippen LogP) is 1.35. The fourth-order valence-corrected chi connectivity index (χ4v) is 1.98. The van der Waals surface area contributed by atoms with Gasteiger partial charge in [0.15, 0.2) is 0 Å². The van der Waals surface area contributed by atoms with E-state index >= 15 is 0 Å². The highest BCUT2D eigenvalue weighted by Gasteiger charge is 2.07. The highest BCUT2D eigenvalue weighted by atomic mass is 32.1. The molecule has 0 amide bonds. The zero-order chi connectivity index (χ0) is 10.7. The summed E-state index contributed by atoms with van der Waals surface area (Å²) in [5, 5.41) is 9.15. The van der Waals surface area contributed by atoms with Crippen LogP contribution < -0.4 is 5.73 Å². The summed E-state index contributed by atoms with van der Waals surface area (Å²) in [6.07, 6.45) is 1.67. The number of hydrogen-bond acceptors (Lipinski definition) is 6. The standard InChI is InChI=1S/C9H12N4OS/c1-13(5-7-3-2-4-14-7)6-8-11-12-9(10)15-8/h2-4H,5-6H2,1H3,(H2,10,12). The molecule has 0 aliphatic carbocycles. The van der Waals surface area contributed by atoms with Crippen LogP contribution in [0.15, 0.2) is 22.8 Å². The number of anilines is 1. The van der Waals surface area contributed by atoms with Crippen molar-refractivity contribution in [2.45, 2.75) is 13.1 Å². The summed E-state index contributed by atoms with van der Waals surface area (Å²) in [7, 11) is 2.00. The van der Waals surface area contributed by atoms with Gasteiger partial charge in [0.05, 0.1) is 19.4 Å². The van der Waals surface area contributed by atoms with Crippen LogP contribution >= 0.6 is 11.3 Å². The van der Waals surface area contributed by atoms with Crippen LogP contribution in [0.4, 0.5) is 5.13 Å². The van der Waals surface area contributed by atoms with Crippen LogP contribution in [0.2, 0.25) is 0 Å². The zero-order valence-corrected chi connectivity index (χ0v) is 9.20. The molecule has 0 aromatic carbocycles. The van der Waals surface area contributed by atoms with Crippen LogP contribution in [-0.2, 0) is 13.1 Å². The van der Waals surface area contributed by atoms with E-state index in [4.69, 9.17) is 10.2 Å². The Morgan fingerprint density at radius 2 is 2.33 bits per heavy atom. The van der Waals surface area contributed by atoms with Gasteiger partial charge in [0, 0.05) is 0 Å². The summed E-state index contributed by atoms with van der Waals surface area (Å²) in [4.78, 5) is 2.10. The molecule has 0 fully saturated rings. The highest BCUT2D eigenvalue weighted by Crippen LogP contribution is 2.14. The molecule has 0 saturated heterocycles. The lowest BCUT2D eigenvalue weighted by Gasteiger charge is -2.12. The maximum atomic E-state index is 5.50. The molecular weight excluding hydrogens is 212 g/mol. The summed E-state index contributed by atoms with van der Waals surface area (Å²) in [5.41, 5.74) is 5.50. The number of hydrogen-bond donors (Lipinski definition) is 1. The van der Waals surface area contributed by atoms with E-state index in [1.54, 1.807) is 6.26 Å². The minimum absolute atomic E-state index is 0.511. The quantitative estimate of drug-likeness (QED) is 0.849. The Bertz CT molecular complexity index is 411. The van der Waals surface area contributed by atoms with Gasteiger partial charge in [-0.05, 0) is 19.2 Å². The van der Waals surface area contributed by atoms with Gasteiger partial charge in [0.2, 0.25) is 5.13 Å². The first-order valence-corrected chi connectivity index (χ1v) is 5.34. The molecule has 80 valence electrons. The number of furan rings is 1. The third-order valence-electron chi connectivity index (χ3n) is 1.89. The minimum Gasteiger partial charge on any atom is -0.468 e. The number of nitrogens with two attached hydrogens (primary N) is 1. The van der Waals surface area contributed by atoms with E-state index in [9.17, 15) is 0 Å². The van der Waals surface area contributed by atoms with Crippen molar-refractivity contribution >= 4 is 16.5 Å². The molecule has 0 saturated carbocycles. The van der Waals surface area contributed by atoms with Crippen molar-refractivity contribution in [3.8, 4) is 0 Å². The van der Waals surface area contributed by atoms with Gasteiger partial charge in [-0.25, -0.2) is 0 Å². The van der Waals surface area contributed by atoms with Gasteiger partial charge < -0.3 is 10.2 Å². The van der Waals surface area contributed by atoms with E-state index in [0.29, 0.717) is 5.13 Å². The van der Waals surface area contributed by atoms with Gasteiger partial charge in [0.25, 0.3) is 0 Å². The summed E-state index contributed by atoms with van der Waals surface area (Å²) in [6, 6.07) is 3.83. The van der Waals surface area contributed by atoms with Crippen molar-refractivity contribution in [1.29, 1.82) is 0 Å². The second-order valence-corrected chi connectivity index (χ2v) is 4.38. The van der Waals surface area contributed by atoms with Crippen LogP contribution in [-0.4, -0.2) is 22.1 Å². The Kier molecular flexibility index (Phi) is 2.98. The van der Waals surface area contributed by atoms with Crippen molar-refractivity contribution in [3.05, 3.63) is 29.2 Å². The van der Waals surface area contributed by atoms with E-state index in [0.717, 1.165) is 23.9 Å². The van der Waals surface area contributed by atoms with Crippen molar-refractivity contribution in [1.82, 2.24) is 15.1 Å². The number of nitrogens with zero attached hydrogens (tertiary/aromatic N) is 3. The molecule has 15 heavy (non-hydrogen) atoms. The second kappa shape index (κ2) is 4.41. The molecule has 2 aromatic rings. The monoisotopic (exact) mass is 224 g/mol. The largest absolute Gasteiger partial charge is 0.468 e. The fourth-order valence-electron chi connectivity index (χ4n) is 1.29. The average molecular weight is 224 g/mol. The van der Waals surface area contributed by atoms with Gasteiger partial charge in [-0.15, -0.1) is 10.2 Å². The molecule has 2 heterocycles. The maximum absolute atomic E-state index is 5.50. The van der Waals surface area contributed by atoms with E-state index < -0.39 is 0 Å². The minimum atomic E-state index is 0.511. The van der Waals surface area contributed by atoms with Crippen molar-refractivity contribution in [2.24, 2.45) is 0 Å². The van der Waals surface area contributed by atoms with Gasteiger partial charge >= 0.3 is 0 Å². The van der Waals surface area contributed by atoms with Crippen molar-refractivity contribution in [3.63, 3.8) is 0 Å². The maximum Gasteiger partial charge on any atom is 0.203 e. The smallest absolute Gasteiger partial charge is 0.203 e. The molecule has 0 aliphatic rings. The molecule has 0 spiro atoms. The molecule has 2 rings (SSSR count). The van der Waals surface area contributed by atoms with Gasteiger partial charge in [-0.2, -0.15) is 0 Å². The summed E-state index contributed by atoms with van der Waals surface area (Å²) in [5.74, 6) is 0.940. The van der Waals surface area contributed by atoms with Crippen LogP contribution in [0.5, 0.6) is 0 Å². The van der Waals surface area contributed by atoms with Crippen LogP contribution in [0.3, 0.4) is 0 Å². The summed E-state index contributed by atoms with van der Waals surface area (Å²) >= 11 is 1.41. The molecule has 6 heteroatoms. The van der Waals surface area contributed by atoms with Crippen LogP contribution in [0.1, 0.15) is 10.8 Å². The SMILES string of the molecule is CN(Cc1ccco1)Cc1nnc(N)s1. The fraction of sp³-hybridized carbons (Fsp3) is 0.333. The van der Waals surface area contributed by atoms with E-state index in [1.807, 2.05) is 19.2 Å². The first-order valence-electron chi connectivity index (χ1n) is 4.53. The van der Waals surface area contributed by atoms with Gasteiger partial charge in [-0.1, -0.05) is 11.3 Å². The molecule has 2 aromatic heterocycles. The Balaban J connectivity index is 1.90. The van der Waals surface area contributed by atoms with Crippen LogP contribution in [0, 0.1) is 0 Å². The number of nitrogen functional groups attached to an aromatic ring is 1. The van der Waals surface area contributed by atoms with Crippen LogP contribution in [0.25, 0.3) is 0 Å². The van der Waals surface area contributed by atoms with E-state index in [-0.39, 0.29) is 0 Å². The van der Waals surface area contributed by atoms with E-state index in [1.165, 1.54) is 11.3 Å². The molecule has 2 N–H and O–H groups in total. The third-order valence-corrected chi connectivity index (χ3v) is 2.63. The number of aromatic nitrogens is 2. The average Bonchev–Trinajstić information content (AvgIpc) is 2.77. The first kappa shape index (κ1) is 10.1. The van der Waals surface area contributed by atoms with Gasteiger partial charge in [0.1, 0.15) is 10.8 Å². The Morgan fingerprint density at radius 1 is 1.47 bits per heavy atom. The molecule has 0 bridgehead atoms. The zero-order valence-electron chi connectivity index (χ0n) is 8.38. The molecule has 0 aliphatic heterocycles. The number of rotatable bonds is 4. The topological polar surface area (TPSA) is 68.2 Å². The molecule has 0 atom stereocenters. The molecule has 0 unspecified atom stereocenters. The summed E-state index contributed by atoms with van der Waals surface area (Å²) < 4.78 is 5.25. The second-order valence-electron chi connectivity index (χ2n) is 3.29. The predicted molar refractivity (Wildman–Crippen MR) is 58.2 cm³/mol. The molecular formula is C9H12N4OS. The lowest BCUT2D eigenvalue weighted by molar-refractivity contribution is 0.287. The molecule has 0 radical (unpaired) electrons. The third kappa shape index (κ3) is 2.77. The van der Waals surface area contributed by atoms with Crippen molar-refractivity contribution < 1.29 is 4.42 Å². The lowest BCUT2D eigenvalue weighted by atomic mass is 10.4. The molecule has 5 nitrogen and oxygen atoms in total. The Labute approximate surface area is 91.5 Å².